The van der Waals surface area contributed by atoms with Gasteiger partial charge >= 0.3 is 6.18 Å². The fourth-order valence-corrected chi connectivity index (χ4v) is 3.86. The van der Waals surface area contributed by atoms with Crippen LogP contribution in [0.5, 0.6) is 0 Å². The molecule has 0 aliphatic carbocycles. The first-order valence-electron chi connectivity index (χ1n) is 9.50. The minimum Gasteiger partial charge on any atom is -0.354 e. The van der Waals surface area contributed by atoms with Gasteiger partial charge in [-0.1, -0.05) is 18.2 Å². The molecule has 1 fully saturated rings. The maximum atomic E-state index is 12.7. The third-order valence-electron chi connectivity index (χ3n) is 4.66. The molecular formula is C21H23F3N4OS. The lowest BCUT2D eigenvalue weighted by Crippen LogP contribution is -2.49. The Morgan fingerprint density at radius 2 is 1.90 bits per heavy atom. The lowest BCUT2D eigenvalue weighted by Gasteiger charge is -2.35. The summed E-state index contributed by atoms with van der Waals surface area (Å²) in [5.41, 5.74) is 0.0232. The molecule has 2 heterocycles. The second kappa shape index (κ2) is 9.99. The Balaban J connectivity index is 1.50. The SMILES string of the molecule is C=CCSc1ccccc1NC(=O)CN1CCN(c2ccc(C(F)(F)F)cn2)CC1. The number of aromatic nitrogens is 1. The number of rotatable bonds is 7. The third kappa shape index (κ3) is 5.99. The van der Waals surface area contributed by atoms with Crippen molar-refractivity contribution < 1.29 is 18.0 Å². The molecule has 0 saturated carbocycles. The van der Waals surface area contributed by atoms with Crippen LogP contribution in [0.15, 0.2) is 60.1 Å². The van der Waals surface area contributed by atoms with Crippen molar-refractivity contribution in [2.45, 2.75) is 11.1 Å². The number of anilines is 2. The van der Waals surface area contributed by atoms with Crippen LogP contribution >= 0.6 is 11.8 Å². The number of piperazine rings is 1. The first-order chi connectivity index (χ1) is 14.4. The molecule has 1 aromatic carbocycles. The normalized spacial score (nSPS) is 15.1. The van der Waals surface area contributed by atoms with Gasteiger partial charge in [0.2, 0.25) is 5.91 Å². The van der Waals surface area contributed by atoms with Gasteiger partial charge < -0.3 is 10.2 Å². The van der Waals surface area contributed by atoms with Crippen molar-refractivity contribution in [2.24, 2.45) is 0 Å². The van der Waals surface area contributed by atoms with Gasteiger partial charge in [0.1, 0.15) is 5.82 Å². The van der Waals surface area contributed by atoms with Crippen molar-refractivity contribution in [2.75, 3.05) is 48.7 Å². The number of nitrogens with one attached hydrogen (secondary N) is 1. The minimum atomic E-state index is -4.39. The van der Waals surface area contributed by atoms with Crippen LogP contribution in [0.25, 0.3) is 0 Å². The van der Waals surface area contributed by atoms with Gasteiger partial charge in [-0.2, -0.15) is 13.2 Å². The lowest BCUT2D eigenvalue weighted by molar-refractivity contribution is -0.137. The largest absolute Gasteiger partial charge is 0.417 e. The van der Waals surface area contributed by atoms with E-state index in [-0.39, 0.29) is 12.5 Å². The number of para-hydroxylation sites is 1. The summed E-state index contributed by atoms with van der Waals surface area (Å²) < 4.78 is 38.0. The molecule has 2 aromatic rings. The molecule has 1 aliphatic rings. The van der Waals surface area contributed by atoms with E-state index in [1.54, 1.807) is 11.8 Å². The maximum Gasteiger partial charge on any atom is 0.417 e. The van der Waals surface area contributed by atoms with E-state index in [4.69, 9.17) is 0 Å². The van der Waals surface area contributed by atoms with Crippen LogP contribution in [0.1, 0.15) is 5.56 Å². The van der Waals surface area contributed by atoms with Crippen LogP contribution in [-0.4, -0.2) is 54.3 Å². The van der Waals surface area contributed by atoms with Crippen LogP contribution in [0.3, 0.4) is 0 Å². The zero-order valence-corrected chi connectivity index (χ0v) is 17.2. The molecule has 0 spiro atoms. The molecule has 1 aliphatic heterocycles. The zero-order valence-electron chi connectivity index (χ0n) is 16.4. The van der Waals surface area contributed by atoms with E-state index in [2.05, 4.69) is 16.9 Å². The van der Waals surface area contributed by atoms with Crippen LogP contribution in [0, 0.1) is 0 Å². The Hall–Kier alpha value is -2.52. The zero-order chi connectivity index (χ0) is 21.6. The Morgan fingerprint density at radius 3 is 2.53 bits per heavy atom. The Labute approximate surface area is 178 Å². The van der Waals surface area contributed by atoms with Crippen molar-refractivity contribution in [3.05, 3.63) is 60.8 Å². The van der Waals surface area contributed by atoms with Gasteiger partial charge in [-0.15, -0.1) is 18.3 Å². The molecule has 0 radical (unpaired) electrons. The summed E-state index contributed by atoms with van der Waals surface area (Å²) in [6, 6.07) is 10.1. The summed E-state index contributed by atoms with van der Waals surface area (Å²) in [5.74, 6) is 1.18. The molecule has 3 rings (SSSR count). The predicted octanol–water partition coefficient (Wildman–Crippen LogP) is 4.14. The maximum absolute atomic E-state index is 12.7. The van der Waals surface area contributed by atoms with Gasteiger partial charge in [-0.3, -0.25) is 9.69 Å². The summed E-state index contributed by atoms with van der Waals surface area (Å²) in [4.78, 5) is 21.4. The molecule has 1 N–H and O–H groups in total. The topological polar surface area (TPSA) is 48.5 Å². The number of carbonyl (C=O) groups excluding carboxylic acids is 1. The van der Waals surface area contributed by atoms with Crippen LogP contribution in [0.2, 0.25) is 0 Å². The van der Waals surface area contributed by atoms with Crippen molar-refractivity contribution in [3.63, 3.8) is 0 Å². The molecular weight excluding hydrogens is 413 g/mol. The number of nitrogens with zero attached hydrogens (tertiary/aromatic N) is 3. The molecule has 1 saturated heterocycles. The van der Waals surface area contributed by atoms with Gasteiger partial charge in [-0.25, -0.2) is 4.98 Å². The number of benzene rings is 1. The number of thioether (sulfide) groups is 1. The van der Waals surface area contributed by atoms with E-state index >= 15 is 0 Å². The standard InChI is InChI=1S/C21H23F3N4OS/c1-2-13-30-18-6-4-3-5-17(18)26-20(29)15-27-9-11-28(12-10-27)19-8-7-16(14-25-19)21(22,23)24/h2-8,14H,1,9-13,15H2,(H,26,29). The van der Waals surface area contributed by atoms with Crippen LogP contribution < -0.4 is 10.2 Å². The fourth-order valence-electron chi connectivity index (χ4n) is 3.11. The average molecular weight is 437 g/mol. The molecule has 1 amide bonds. The molecule has 30 heavy (non-hydrogen) atoms. The Kier molecular flexibility index (Phi) is 7.38. The smallest absolute Gasteiger partial charge is 0.354 e. The van der Waals surface area contributed by atoms with Crippen LogP contribution in [-0.2, 0) is 11.0 Å². The third-order valence-corrected chi connectivity index (χ3v) is 5.73. The minimum absolute atomic E-state index is 0.0947. The molecule has 160 valence electrons. The van der Waals surface area contributed by atoms with E-state index in [0.29, 0.717) is 32.0 Å². The van der Waals surface area contributed by atoms with Gasteiger partial charge in [0.15, 0.2) is 0 Å². The molecule has 0 bridgehead atoms. The summed E-state index contributed by atoms with van der Waals surface area (Å²) in [7, 11) is 0. The predicted molar refractivity (Wildman–Crippen MR) is 114 cm³/mol. The molecule has 5 nitrogen and oxygen atoms in total. The second-order valence-electron chi connectivity index (χ2n) is 6.81. The summed E-state index contributed by atoms with van der Waals surface area (Å²) in [6.07, 6.45) is -1.72. The summed E-state index contributed by atoms with van der Waals surface area (Å²) in [6.45, 7) is 6.42. The quantitative estimate of drug-likeness (QED) is 0.522. The van der Waals surface area contributed by atoms with E-state index in [1.807, 2.05) is 40.1 Å². The van der Waals surface area contributed by atoms with E-state index in [1.165, 1.54) is 6.07 Å². The number of hydrogen-bond acceptors (Lipinski definition) is 5. The molecule has 0 atom stereocenters. The monoisotopic (exact) mass is 436 g/mol. The molecule has 9 heteroatoms. The van der Waals surface area contributed by atoms with Gasteiger partial charge in [-0.05, 0) is 24.3 Å². The summed E-state index contributed by atoms with van der Waals surface area (Å²) in [5, 5.41) is 2.96. The average Bonchev–Trinajstić information content (AvgIpc) is 2.73. The van der Waals surface area contributed by atoms with Crippen molar-refractivity contribution in [1.29, 1.82) is 0 Å². The second-order valence-corrected chi connectivity index (χ2v) is 7.87. The highest BCUT2D eigenvalue weighted by atomic mass is 32.2. The number of amides is 1. The van der Waals surface area contributed by atoms with Crippen molar-refractivity contribution in [1.82, 2.24) is 9.88 Å². The highest BCUT2D eigenvalue weighted by Crippen LogP contribution is 2.29. The highest BCUT2D eigenvalue weighted by Gasteiger charge is 2.31. The highest BCUT2D eigenvalue weighted by molar-refractivity contribution is 7.99. The van der Waals surface area contributed by atoms with Crippen LogP contribution in [0.4, 0.5) is 24.7 Å². The van der Waals surface area contributed by atoms with Gasteiger partial charge in [0, 0.05) is 43.0 Å². The number of halogens is 3. The van der Waals surface area contributed by atoms with Gasteiger partial charge in [0.25, 0.3) is 0 Å². The van der Waals surface area contributed by atoms with E-state index < -0.39 is 11.7 Å². The number of pyridine rings is 1. The van der Waals surface area contributed by atoms with E-state index in [0.717, 1.165) is 28.6 Å². The number of hydrogen-bond donors (Lipinski definition) is 1. The first-order valence-corrected chi connectivity index (χ1v) is 10.5. The Bertz CT molecular complexity index is 865. The van der Waals surface area contributed by atoms with E-state index in [9.17, 15) is 18.0 Å². The number of carbonyl (C=O) groups is 1. The van der Waals surface area contributed by atoms with Gasteiger partial charge in [0.05, 0.1) is 17.8 Å². The lowest BCUT2D eigenvalue weighted by atomic mass is 10.2. The molecule has 0 unspecified atom stereocenters. The van der Waals surface area contributed by atoms with Crippen molar-refractivity contribution in [3.8, 4) is 0 Å². The summed E-state index contributed by atoms with van der Waals surface area (Å²) >= 11 is 1.61. The number of alkyl halides is 3. The first kappa shape index (κ1) is 22.2. The Morgan fingerprint density at radius 1 is 1.17 bits per heavy atom. The van der Waals surface area contributed by atoms with Crippen molar-refractivity contribution >= 4 is 29.2 Å². The molecule has 1 aromatic heterocycles. The fraction of sp³-hybridized carbons (Fsp3) is 0.333.